The van der Waals surface area contributed by atoms with E-state index >= 15 is 0 Å². The first-order chi connectivity index (χ1) is 9.76. The minimum atomic E-state index is 0.495. The first-order valence-corrected chi connectivity index (χ1v) is 7.80. The lowest BCUT2D eigenvalue weighted by Gasteiger charge is -2.22. The largest absolute Gasteiger partial charge is 0.496 e. The van der Waals surface area contributed by atoms with Crippen molar-refractivity contribution in [2.24, 2.45) is 17.8 Å². The van der Waals surface area contributed by atoms with E-state index in [1.807, 2.05) is 12.1 Å². The molecule has 2 aliphatic carbocycles. The lowest BCUT2D eigenvalue weighted by Crippen LogP contribution is -2.34. The molecule has 0 saturated heterocycles. The lowest BCUT2D eigenvalue weighted by molar-refractivity contribution is 0.382. The van der Waals surface area contributed by atoms with Crippen LogP contribution < -0.4 is 10.1 Å². The summed E-state index contributed by atoms with van der Waals surface area (Å²) in [6.45, 7) is 3.43. The van der Waals surface area contributed by atoms with Crippen LogP contribution >= 0.6 is 0 Å². The quantitative estimate of drug-likeness (QED) is 0.800. The van der Waals surface area contributed by atoms with E-state index in [4.69, 9.17) is 4.74 Å². The minimum Gasteiger partial charge on any atom is -0.496 e. The number of hydrogen-bond donors (Lipinski definition) is 1. The predicted molar refractivity (Wildman–Crippen MR) is 83.0 cm³/mol. The third-order valence-corrected chi connectivity index (χ3v) is 4.86. The number of nitrogens with one attached hydrogen (secondary N) is 1. The van der Waals surface area contributed by atoms with Crippen LogP contribution in [0.5, 0.6) is 5.75 Å². The first kappa shape index (κ1) is 13.7. The van der Waals surface area contributed by atoms with Gasteiger partial charge in [0.25, 0.3) is 0 Å². The van der Waals surface area contributed by atoms with Crippen LogP contribution in [0.2, 0.25) is 0 Å². The number of ether oxygens (including phenoxy) is 1. The Bertz CT molecular complexity index is 482. The molecule has 2 bridgehead atoms. The highest BCUT2D eigenvalue weighted by atomic mass is 16.5. The van der Waals surface area contributed by atoms with Crippen LogP contribution in [0, 0.1) is 17.8 Å². The van der Waals surface area contributed by atoms with Gasteiger partial charge in [0.1, 0.15) is 5.75 Å². The molecule has 1 aromatic carbocycles. The summed E-state index contributed by atoms with van der Waals surface area (Å²) in [5.41, 5.74) is 1.29. The minimum absolute atomic E-state index is 0.495. The second-order valence-electron chi connectivity index (χ2n) is 6.37. The Kier molecular flexibility index (Phi) is 4.11. The van der Waals surface area contributed by atoms with Crippen LogP contribution in [0.3, 0.4) is 0 Å². The summed E-state index contributed by atoms with van der Waals surface area (Å²) in [7, 11) is 1.75. The van der Waals surface area contributed by atoms with Crippen LogP contribution in [0.1, 0.15) is 25.3 Å². The summed E-state index contributed by atoms with van der Waals surface area (Å²) in [5.74, 6) is 3.57. The zero-order valence-electron chi connectivity index (χ0n) is 12.5. The molecule has 0 amide bonds. The van der Waals surface area contributed by atoms with Crippen molar-refractivity contribution in [1.29, 1.82) is 0 Å². The number of hydrogen-bond acceptors (Lipinski definition) is 2. The van der Waals surface area contributed by atoms with Crippen molar-refractivity contribution in [2.45, 2.75) is 32.2 Å². The Morgan fingerprint density at radius 3 is 2.80 bits per heavy atom. The van der Waals surface area contributed by atoms with Gasteiger partial charge in [-0.25, -0.2) is 0 Å². The molecule has 2 heteroatoms. The number of allylic oxidation sites excluding steroid dienone is 2. The number of benzene rings is 1. The second kappa shape index (κ2) is 6.01. The monoisotopic (exact) mass is 271 g/mol. The summed E-state index contributed by atoms with van der Waals surface area (Å²) in [6.07, 6.45) is 8.66. The first-order valence-electron chi connectivity index (χ1n) is 7.80. The van der Waals surface area contributed by atoms with E-state index in [1.54, 1.807) is 7.11 Å². The van der Waals surface area contributed by atoms with Gasteiger partial charge in [-0.1, -0.05) is 30.4 Å². The zero-order valence-corrected chi connectivity index (χ0v) is 12.5. The highest BCUT2D eigenvalue weighted by molar-refractivity contribution is 5.33. The van der Waals surface area contributed by atoms with Gasteiger partial charge in [-0.05, 0) is 62.1 Å². The topological polar surface area (TPSA) is 21.3 Å². The molecule has 1 N–H and O–H groups in total. The summed E-state index contributed by atoms with van der Waals surface area (Å²) in [6, 6.07) is 8.82. The molecule has 0 spiro atoms. The molecule has 2 nitrogen and oxygen atoms in total. The molecule has 0 radical (unpaired) electrons. The highest BCUT2D eigenvalue weighted by Crippen LogP contribution is 2.43. The van der Waals surface area contributed by atoms with Gasteiger partial charge in [0.2, 0.25) is 0 Å². The second-order valence-corrected chi connectivity index (χ2v) is 6.37. The van der Waals surface area contributed by atoms with E-state index in [2.05, 4.69) is 36.5 Å². The normalized spacial score (nSPS) is 28.8. The molecule has 4 unspecified atom stereocenters. The van der Waals surface area contributed by atoms with Gasteiger partial charge in [-0.2, -0.15) is 0 Å². The number of para-hydroxylation sites is 1. The van der Waals surface area contributed by atoms with E-state index in [0.29, 0.717) is 6.04 Å². The molecule has 4 atom stereocenters. The summed E-state index contributed by atoms with van der Waals surface area (Å²) >= 11 is 0. The third kappa shape index (κ3) is 2.90. The summed E-state index contributed by atoms with van der Waals surface area (Å²) in [5, 5.41) is 3.72. The fourth-order valence-corrected chi connectivity index (χ4v) is 3.76. The molecule has 1 fully saturated rings. The van der Waals surface area contributed by atoms with E-state index in [9.17, 15) is 0 Å². The van der Waals surface area contributed by atoms with Crippen molar-refractivity contribution in [2.75, 3.05) is 13.7 Å². The van der Waals surface area contributed by atoms with Crippen LogP contribution in [-0.4, -0.2) is 19.7 Å². The molecule has 108 valence electrons. The Hall–Kier alpha value is -1.28. The zero-order chi connectivity index (χ0) is 13.9. The highest BCUT2D eigenvalue weighted by Gasteiger charge is 2.35. The number of methoxy groups -OCH3 is 1. The molecule has 20 heavy (non-hydrogen) atoms. The molecular weight excluding hydrogens is 246 g/mol. The van der Waals surface area contributed by atoms with Gasteiger partial charge in [0, 0.05) is 6.04 Å². The van der Waals surface area contributed by atoms with Crippen molar-refractivity contribution >= 4 is 0 Å². The van der Waals surface area contributed by atoms with E-state index < -0.39 is 0 Å². The van der Waals surface area contributed by atoms with E-state index in [-0.39, 0.29) is 0 Å². The van der Waals surface area contributed by atoms with Crippen molar-refractivity contribution < 1.29 is 4.74 Å². The predicted octanol–water partition coefficient (Wildman–Crippen LogP) is 3.43. The van der Waals surface area contributed by atoms with Crippen molar-refractivity contribution in [3.05, 3.63) is 42.0 Å². The van der Waals surface area contributed by atoms with E-state index in [0.717, 1.165) is 36.5 Å². The van der Waals surface area contributed by atoms with E-state index in [1.165, 1.54) is 18.4 Å². The molecular formula is C18H25NO. The average molecular weight is 271 g/mol. The van der Waals surface area contributed by atoms with Gasteiger partial charge in [0.15, 0.2) is 0 Å². The molecule has 0 aromatic heterocycles. The van der Waals surface area contributed by atoms with Gasteiger partial charge in [-0.3, -0.25) is 0 Å². The van der Waals surface area contributed by atoms with Gasteiger partial charge in [-0.15, -0.1) is 0 Å². The maximum atomic E-state index is 5.43. The Labute approximate surface area is 122 Å². The molecule has 3 rings (SSSR count). The Balaban J connectivity index is 1.50. The maximum Gasteiger partial charge on any atom is 0.122 e. The maximum absolute atomic E-state index is 5.43. The van der Waals surface area contributed by atoms with Gasteiger partial charge < -0.3 is 10.1 Å². The SMILES string of the molecule is COc1ccccc1CC(C)NCC1CC2C=CC1C2. The molecule has 2 aliphatic rings. The van der Waals surface area contributed by atoms with Crippen LogP contribution in [0.25, 0.3) is 0 Å². The fraction of sp³-hybridized carbons (Fsp3) is 0.556. The molecule has 1 aromatic rings. The van der Waals surface area contributed by atoms with Crippen LogP contribution in [-0.2, 0) is 6.42 Å². The molecule has 0 aliphatic heterocycles. The Morgan fingerprint density at radius 2 is 2.10 bits per heavy atom. The Morgan fingerprint density at radius 1 is 1.25 bits per heavy atom. The number of fused-ring (bicyclic) bond motifs is 2. The van der Waals surface area contributed by atoms with Gasteiger partial charge in [0.05, 0.1) is 7.11 Å². The lowest BCUT2D eigenvalue weighted by atomic mass is 9.93. The van der Waals surface area contributed by atoms with Crippen molar-refractivity contribution in [3.63, 3.8) is 0 Å². The van der Waals surface area contributed by atoms with Crippen molar-refractivity contribution in [3.8, 4) is 5.75 Å². The van der Waals surface area contributed by atoms with Crippen LogP contribution in [0.15, 0.2) is 36.4 Å². The van der Waals surface area contributed by atoms with Crippen LogP contribution in [0.4, 0.5) is 0 Å². The molecule has 0 heterocycles. The standard InChI is InChI=1S/C18H25NO/c1-13(9-16-5-3-4-6-18(16)20-2)19-12-17-11-14-7-8-15(17)10-14/h3-8,13-15,17,19H,9-12H2,1-2H3. The average Bonchev–Trinajstić information content (AvgIpc) is 3.08. The third-order valence-electron chi connectivity index (χ3n) is 4.86. The summed E-state index contributed by atoms with van der Waals surface area (Å²) < 4.78 is 5.43. The summed E-state index contributed by atoms with van der Waals surface area (Å²) in [4.78, 5) is 0. The molecule has 1 saturated carbocycles. The smallest absolute Gasteiger partial charge is 0.122 e. The van der Waals surface area contributed by atoms with Crippen molar-refractivity contribution in [1.82, 2.24) is 5.32 Å². The number of rotatable bonds is 6. The van der Waals surface area contributed by atoms with Gasteiger partial charge >= 0.3 is 0 Å². The fourth-order valence-electron chi connectivity index (χ4n) is 3.76.